The smallest absolute Gasteiger partial charge is 0.179 e. The zero-order valence-corrected chi connectivity index (χ0v) is 14.8. The molecule has 0 aliphatic carbocycles. The summed E-state index contributed by atoms with van der Waals surface area (Å²) in [5.74, 6) is 0.651. The zero-order valence-electron chi connectivity index (χ0n) is 14.8. The van der Waals surface area contributed by atoms with Gasteiger partial charge < -0.3 is 10.5 Å². The normalized spacial score (nSPS) is 12.4. The van der Waals surface area contributed by atoms with Crippen LogP contribution in [0.4, 0.5) is 5.69 Å². The Balaban J connectivity index is 2.21. The second-order valence-electron chi connectivity index (χ2n) is 6.25. The molecule has 2 N–H and O–H groups in total. The third kappa shape index (κ3) is 4.15. The Morgan fingerprint density at radius 3 is 2.33 bits per heavy atom. The highest BCUT2D eigenvalue weighted by molar-refractivity contribution is 6.00. The molecule has 2 rings (SSSR count). The van der Waals surface area contributed by atoms with E-state index in [0.29, 0.717) is 17.0 Å². The van der Waals surface area contributed by atoms with Crippen LogP contribution in [0.3, 0.4) is 0 Å². The molecule has 1 unspecified atom stereocenters. The van der Waals surface area contributed by atoms with E-state index in [-0.39, 0.29) is 17.9 Å². The minimum Gasteiger partial charge on any atom is -0.495 e. The molecule has 2 aromatic carbocycles. The highest BCUT2D eigenvalue weighted by Gasteiger charge is 2.25. The molecule has 0 aliphatic heterocycles. The molecule has 2 aromatic rings. The van der Waals surface area contributed by atoms with Gasteiger partial charge in [-0.2, -0.15) is 0 Å². The number of carbonyl (C=O) groups is 1. The van der Waals surface area contributed by atoms with Crippen molar-refractivity contribution in [3.63, 3.8) is 0 Å². The van der Waals surface area contributed by atoms with Crippen molar-refractivity contribution in [1.29, 1.82) is 0 Å². The fraction of sp³-hybridized carbons (Fsp3) is 0.350. The first-order chi connectivity index (χ1) is 11.4. The number of benzene rings is 2. The van der Waals surface area contributed by atoms with Crippen molar-refractivity contribution in [3.8, 4) is 5.75 Å². The second kappa shape index (κ2) is 7.97. The monoisotopic (exact) mass is 326 g/mol. The van der Waals surface area contributed by atoms with Crippen LogP contribution in [0.5, 0.6) is 5.75 Å². The van der Waals surface area contributed by atoms with Crippen LogP contribution in [0, 0.1) is 0 Å². The molecule has 4 heteroatoms. The summed E-state index contributed by atoms with van der Waals surface area (Å²) in [6.45, 7) is 6.90. The van der Waals surface area contributed by atoms with E-state index < -0.39 is 0 Å². The number of hydrogen-bond donors (Lipinski definition) is 1. The molecule has 0 amide bonds. The van der Waals surface area contributed by atoms with Gasteiger partial charge in [-0.1, -0.05) is 30.3 Å². The van der Waals surface area contributed by atoms with Crippen LogP contribution in [0.15, 0.2) is 48.5 Å². The van der Waals surface area contributed by atoms with E-state index in [2.05, 4.69) is 30.9 Å². The van der Waals surface area contributed by atoms with Crippen LogP contribution in [-0.2, 0) is 6.54 Å². The molecule has 0 aromatic heterocycles. The molecule has 24 heavy (non-hydrogen) atoms. The first-order valence-corrected chi connectivity index (χ1v) is 8.21. The molecule has 0 aliphatic rings. The van der Waals surface area contributed by atoms with E-state index in [1.165, 1.54) is 5.56 Å². The van der Waals surface area contributed by atoms with Crippen LogP contribution >= 0.6 is 0 Å². The molecule has 0 spiro atoms. The molecular weight excluding hydrogens is 300 g/mol. The van der Waals surface area contributed by atoms with E-state index in [4.69, 9.17) is 10.5 Å². The maximum atomic E-state index is 12.9. The largest absolute Gasteiger partial charge is 0.495 e. The van der Waals surface area contributed by atoms with E-state index >= 15 is 0 Å². The number of nitrogens with two attached hydrogens (primary N) is 1. The summed E-state index contributed by atoms with van der Waals surface area (Å²) in [5.41, 5.74) is 8.22. The predicted molar refractivity (Wildman–Crippen MR) is 98.3 cm³/mol. The van der Waals surface area contributed by atoms with Gasteiger partial charge in [0.25, 0.3) is 0 Å². The topological polar surface area (TPSA) is 55.6 Å². The first kappa shape index (κ1) is 18.0. The van der Waals surface area contributed by atoms with E-state index in [1.54, 1.807) is 25.3 Å². The van der Waals surface area contributed by atoms with E-state index in [1.807, 2.05) is 25.1 Å². The summed E-state index contributed by atoms with van der Waals surface area (Å²) in [5, 5.41) is 0. The average molecular weight is 326 g/mol. The number of ether oxygens (including phenoxy) is 1. The number of rotatable bonds is 7. The van der Waals surface area contributed by atoms with Crippen molar-refractivity contribution >= 4 is 11.5 Å². The van der Waals surface area contributed by atoms with Crippen LogP contribution < -0.4 is 10.5 Å². The number of methoxy groups -OCH3 is 1. The number of Topliss-reactive ketones (excluding diaryl/α,β-unsaturated/α-hetero) is 1. The Bertz CT molecular complexity index is 683. The standard InChI is InChI=1S/C20H26N2O2/c1-14(2)22(13-16-8-6-5-7-9-16)15(3)20(23)17-10-11-19(24-4)18(21)12-17/h5-12,14-15H,13,21H2,1-4H3. The summed E-state index contributed by atoms with van der Waals surface area (Å²) in [6, 6.07) is 15.4. The number of carbonyl (C=O) groups excluding carboxylic acids is 1. The highest BCUT2D eigenvalue weighted by atomic mass is 16.5. The molecule has 0 saturated carbocycles. The maximum absolute atomic E-state index is 12.9. The molecular formula is C20H26N2O2. The fourth-order valence-electron chi connectivity index (χ4n) is 2.84. The van der Waals surface area contributed by atoms with Gasteiger partial charge in [0.2, 0.25) is 0 Å². The van der Waals surface area contributed by atoms with Gasteiger partial charge in [0.15, 0.2) is 5.78 Å². The SMILES string of the molecule is COc1ccc(C(=O)C(C)N(Cc2ccccc2)C(C)C)cc1N. The van der Waals surface area contributed by atoms with Crippen LogP contribution in [-0.4, -0.2) is 29.9 Å². The Morgan fingerprint density at radius 2 is 1.79 bits per heavy atom. The number of hydrogen-bond acceptors (Lipinski definition) is 4. The van der Waals surface area contributed by atoms with Crippen molar-refractivity contribution in [2.24, 2.45) is 0 Å². The molecule has 4 nitrogen and oxygen atoms in total. The third-order valence-corrected chi connectivity index (χ3v) is 4.26. The summed E-state index contributed by atoms with van der Waals surface area (Å²) in [6.07, 6.45) is 0. The van der Waals surface area contributed by atoms with Gasteiger partial charge in [0.05, 0.1) is 18.8 Å². The van der Waals surface area contributed by atoms with Crippen molar-refractivity contribution in [3.05, 3.63) is 59.7 Å². The summed E-state index contributed by atoms with van der Waals surface area (Å²) < 4.78 is 5.16. The quantitative estimate of drug-likeness (QED) is 0.622. The Labute approximate surface area is 144 Å². The summed E-state index contributed by atoms with van der Waals surface area (Å²) in [4.78, 5) is 15.1. The molecule has 0 radical (unpaired) electrons. The van der Waals surface area contributed by atoms with Crippen molar-refractivity contribution in [2.45, 2.75) is 39.4 Å². The van der Waals surface area contributed by atoms with Crippen LogP contribution in [0.2, 0.25) is 0 Å². The molecule has 1 atom stereocenters. The molecule has 128 valence electrons. The van der Waals surface area contributed by atoms with Gasteiger partial charge in [0, 0.05) is 18.2 Å². The van der Waals surface area contributed by atoms with Gasteiger partial charge in [-0.05, 0) is 44.5 Å². The molecule has 0 bridgehead atoms. The van der Waals surface area contributed by atoms with E-state index in [9.17, 15) is 4.79 Å². The highest BCUT2D eigenvalue weighted by Crippen LogP contribution is 2.24. The maximum Gasteiger partial charge on any atom is 0.179 e. The van der Waals surface area contributed by atoms with Gasteiger partial charge in [-0.15, -0.1) is 0 Å². The van der Waals surface area contributed by atoms with Gasteiger partial charge in [0.1, 0.15) is 5.75 Å². The van der Waals surface area contributed by atoms with Crippen LogP contribution in [0.25, 0.3) is 0 Å². The Kier molecular flexibility index (Phi) is 5.99. The minimum atomic E-state index is -0.238. The lowest BCUT2D eigenvalue weighted by Crippen LogP contribution is -2.42. The molecule has 0 heterocycles. The average Bonchev–Trinajstić information content (AvgIpc) is 2.59. The minimum absolute atomic E-state index is 0.0639. The van der Waals surface area contributed by atoms with Crippen LogP contribution in [0.1, 0.15) is 36.7 Å². The van der Waals surface area contributed by atoms with E-state index in [0.717, 1.165) is 6.54 Å². The van der Waals surface area contributed by atoms with Gasteiger partial charge in [-0.3, -0.25) is 9.69 Å². The van der Waals surface area contributed by atoms with Crippen molar-refractivity contribution in [2.75, 3.05) is 12.8 Å². The first-order valence-electron chi connectivity index (χ1n) is 8.21. The number of anilines is 1. The molecule has 0 saturated heterocycles. The lowest BCUT2D eigenvalue weighted by Gasteiger charge is -2.32. The van der Waals surface area contributed by atoms with Crippen molar-refractivity contribution in [1.82, 2.24) is 4.90 Å². The predicted octanol–water partition coefficient (Wildman–Crippen LogP) is 3.76. The van der Waals surface area contributed by atoms with Crippen molar-refractivity contribution < 1.29 is 9.53 Å². The lowest BCUT2D eigenvalue weighted by molar-refractivity contribution is 0.0772. The number of nitrogen functional groups attached to an aromatic ring is 1. The second-order valence-corrected chi connectivity index (χ2v) is 6.25. The molecule has 0 fully saturated rings. The Morgan fingerprint density at radius 1 is 1.12 bits per heavy atom. The summed E-state index contributed by atoms with van der Waals surface area (Å²) in [7, 11) is 1.57. The number of ketones is 1. The zero-order chi connectivity index (χ0) is 17.7. The van der Waals surface area contributed by atoms with Gasteiger partial charge in [-0.25, -0.2) is 0 Å². The third-order valence-electron chi connectivity index (χ3n) is 4.26. The Hall–Kier alpha value is -2.33. The fourth-order valence-corrected chi connectivity index (χ4v) is 2.84. The van der Waals surface area contributed by atoms with Gasteiger partial charge >= 0.3 is 0 Å². The lowest BCUT2D eigenvalue weighted by atomic mass is 10.0. The number of nitrogens with zero attached hydrogens (tertiary/aromatic N) is 1. The summed E-state index contributed by atoms with van der Waals surface area (Å²) >= 11 is 0.